The predicted octanol–water partition coefficient (Wildman–Crippen LogP) is 2.89. The van der Waals surface area contributed by atoms with Crippen LogP contribution in [0.4, 0.5) is 5.69 Å². The van der Waals surface area contributed by atoms with Gasteiger partial charge in [0.1, 0.15) is 5.75 Å². The van der Waals surface area contributed by atoms with Crippen LogP contribution in [0.5, 0.6) is 23.0 Å². The van der Waals surface area contributed by atoms with E-state index in [0.717, 1.165) is 0 Å². The lowest BCUT2D eigenvalue weighted by Gasteiger charge is -2.13. The van der Waals surface area contributed by atoms with E-state index < -0.39 is 5.97 Å². The molecule has 2 aromatic carbocycles. The number of hydrogen-bond acceptors (Lipinski definition) is 6. The van der Waals surface area contributed by atoms with E-state index in [2.05, 4.69) is 5.32 Å². The summed E-state index contributed by atoms with van der Waals surface area (Å²) < 4.78 is 21.0. The van der Waals surface area contributed by atoms with Gasteiger partial charge in [0.25, 0.3) is 0 Å². The number of anilines is 1. The van der Waals surface area contributed by atoms with E-state index in [4.69, 9.17) is 18.9 Å². The normalized spacial score (nSPS) is 9.92. The van der Waals surface area contributed by atoms with Gasteiger partial charge in [-0.1, -0.05) is 0 Å². The second kappa shape index (κ2) is 8.05. The van der Waals surface area contributed by atoms with Gasteiger partial charge in [0, 0.05) is 12.6 Å². The highest BCUT2D eigenvalue weighted by Crippen LogP contribution is 2.38. The third-order valence-corrected chi connectivity index (χ3v) is 3.29. The molecule has 0 aliphatic heterocycles. The molecule has 7 heteroatoms. The summed E-state index contributed by atoms with van der Waals surface area (Å²) in [6.07, 6.45) is 0. The van der Waals surface area contributed by atoms with Crippen molar-refractivity contribution in [3.63, 3.8) is 0 Å². The van der Waals surface area contributed by atoms with E-state index >= 15 is 0 Å². The Morgan fingerprint density at radius 1 is 0.880 bits per heavy atom. The molecule has 0 atom stereocenters. The molecule has 0 fully saturated rings. The van der Waals surface area contributed by atoms with Crippen molar-refractivity contribution in [1.29, 1.82) is 0 Å². The summed E-state index contributed by atoms with van der Waals surface area (Å²) in [5.74, 6) is 0.687. The maximum atomic E-state index is 12.4. The molecule has 2 aromatic rings. The number of hydrogen-bond donors (Lipinski definition) is 1. The fourth-order valence-electron chi connectivity index (χ4n) is 2.17. The predicted molar refractivity (Wildman–Crippen MR) is 91.8 cm³/mol. The van der Waals surface area contributed by atoms with Crippen molar-refractivity contribution in [3.05, 3.63) is 42.0 Å². The van der Waals surface area contributed by atoms with Gasteiger partial charge in [-0.2, -0.15) is 0 Å². The first-order chi connectivity index (χ1) is 12.0. The molecule has 0 saturated heterocycles. The minimum Gasteiger partial charge on any atom is -0.493 e. The van der Waals surface area contributed by atoms with Gasteiger partial charge in [-0.25, -0.2) is 4.79 Å². The fourth-order valence-corrected chi connectivity index (χ4v) is 2.17. The summed E-state index contributed by atoms with van der Waals surface area (Å²) in [7, 11) is 4.41. The monoisotopic (exact) mass is 345 g/mol. The van der Waals surface area contributed by atoms with Crippen molar-refractivity contribution < 1.29 is 28.5 Å². The van der Waals surface area contributed by atoms with Crippen molar-refractivity contribution in [2.75, 3.05) is 26.6 Å². The third-order valence-electron chi connectivity index (χ3n) is 3.29. The second-order valence-corrected chi connectivity index (χ2v) is 5.01. The Morgan fingerprint density at radius 2 is 1.44 bits per heavy atom. The molecule has 1 amide bonds. The highest BCUT2D eigenvalue weighted by molar-refractivity contribution is 5.93. The molecule has 0 spiro atoms. The van der Waals surface area contributed by atoms with Crippen molar-refractivity contribution >= 4 is 17.6 Å². The van der Waals surface area contributed by atoms with Crippen molar-refractivity contribution in [2.24, 2.45) is 0 Å². The number of benzene rings is 2. The first kappa shape index (κ1) is 18.1. The summed E-state index contributed by atoms with van der Waals surface area (Å²) in [6.45, 7) is 1.42. The van der Waals surface area contributed by atoms with Gasteiger partial charge in [-0.3, -0.25) is 4.79 Å². The zero-order valence-corrected chi connectivity index (χ0v) is 14.4. The van der Waals surface area contributed by atoms with Gasteiger partial charge in [0.2, 0.25) is 11.7 Å². The molecule has 0 heterocycles. The van der Waals surface area contributed by atoms with Gasteiger partial charge >= 0.3 is 5.97 Å². The molecule has 7 nitrogen and oxygen atoms in total. The third kappa shape index (κ3) is 4.41. The average Bonchev–Trinajstić information content (AvgIpc) is 2.61. The standard InChI is InChI=1S/C18H19NO6/c1-11(20)19-13-5-7-14(8-6-13)25-18(21)12-9-15(22-2)17(24-4)16(10-12)23-3/h5-10H,1-4H3,(H,19,20). The first-order valence-electron chi connectivity index (χ1n) is 7.38. The van der Waals surface area contributed by atoms with Crippen LogP contribution in [0.1, 0.15) is 17.3 Å². The summed E-state index contributed by atoms with van der Waals surface area (Å²) in [4.78, 5) is 23.4. The number of carbonyl (C=O) groups excluding carboxylic acids is 2. The van der Waals surface area contributed by atoms with Gasteiger partial charge in [-0.05, 0) is 36.4 Å². The van der Waals surface area contributed by atoms with Crippen LogP contribution in [0.3, 0.4) is 0 Å². The Labute approximate surface area is 145 Å². The van der Waals surface area contributed by atoms with Crippen molar-refractivity contribution in [2.45, 2.75) is 6.92 Å². The number of esters is 1. The summed E-state index contributed by atoms with van der Waals surface area (Å²) in [6, 6.07) is 9.46. The van der Waals surface area contributed by atoms with E-state index in [0.29, 0.717) is 28.7 Å². The largest absolute Gasteiger partial charge is 0.493 e. The molecule has 0 aliphatic rings. The number of nitrogens with one attached hydrogen (secondary N) is 1. The average molecular weight is 345 g/mol. The molecular formula is C18H19NO6. The molecule has 0 radical (unpaired) electrons. The molecular weight excluding hydrogens is 326 g/mol. The van der Waals surface area contributed by atoms with Gasteiger partial charge in [0.15, 0.2) is 11.5 Å². The zero-order valence-electron chi connectivity index (χ0n) is 14.4. The van der Waals surface area contributed by atoms with Crippen LogP contribution in [0.2, 0.25) is 0 Å². The van der Waals surface area contributed by atoms with Gasteiger partial charge in [0.05, 0.1) is 26.9 Å². The van der Waals surface area contributed by atoms with E-state index in [9.17, 15) is 9.59 Å². The number of methoxy groups -OCH3 is 3. The topological polar surface area (TPSA) is 83.1 Å². The number of rotatable bonds is 6. The highest BCUT2D eigenvalue weighted by Gasteiger charge is 2.18. The molecule has 132 valence electrons. The maximum Gasteiger partial charge on any atom is 0.343 e. The molecule has 1 N–H and O–H groups in total. The number of carbonyl (C=O) groups is 2. The molecule has 0 aliphatic carbocycles. The van der Waals surface area contributed by atoms with E-state index in [1.165, 1.54) is 40.4 Å². The molecule has 0 bridgehead atoms. The Balaban J connectivity index is 2.21. The molecule has 0 unspecified atom stereocenters. The van der Waals surface area contributed by atoms with Crippen LogP contribution in [0, 0.1) is 0 Å². The van der Waals surface area contributed by atoms with Crippen LogP contribution in [0.15, 0.2) is 36.4 Å². The fraction of sp³-hybridized carbons (Fsp3) is 0.222. The number of amides is 1. The van der Waals surface area contributed by atoms with Crippen LogP contribution in [-0.4, -0.2) is 33.2 Å². The van der Waals surface area contributed by atoms with E-state index in [1.807, 2.05) is 0 Å². The lowest BCUT2D eigenvalue weighted by Crippen LogP contribution is -2.10. The summed E-state index contributed by atoms with van der Waals surface area (Å²) in [5, 5.41) is 2.63. The Hall–Kier alpha value is -3.22. The zero-order chi connectivity index (χ0) is 18.4. The minimum absolute atomic E-state index is 0.179. The summed E-state index contributed by atoms with van der Waals surface area (Å²) in [5.41, 5.74) is 0.862. The first-order valence-corrected chi connectivity index (χ1v) is 7.38. The molecule has 0 saturated carbocycles. The van der Waals surface area contributed by atoms with E-state index in [1.54, 1.807) is 24.3 Å². The van der Waals surface area contributed by atoms with Gasteiger partial charge < -0.3 is 24.3 Å². The van der Waals surface area contributed by atoms with Crippen molar-refractivity contribution in [1.82, 2.24) is 0 Å². The molecule has 2 rings (SSSR count). The Kier molecular flexibility index (Phi) is 5.84. The van der Waals surface area contributed by atoms with Crippen molar-refractivity contribution in [3.8, 4) is 23.0 Å². The molecule has 25 heavy (non-hydrogen) atoms. The maximum absolute atomic E-state index is 12.4. The SMILES string of the molecule is COc1cc(C(=O)Oc2ccc(NC(C)=O)cc2)cc(OC)c1OC. The lowest BCUT2D eigenvalue weighted by molar-refractivity contribution is -0.114. The van der Waals surface area contributed by atoms with Crippen LogP contribution < -0.4 is 24.3 Å². The lowest BCUT2D eigenvalue weighted by atomic mass is 10.2. The van der Waals surface area contributed by atoms with E-state index in [-0.39, 0.29) is 11.5 Å². The second-order valence-electron chi connectivity index (χ2n) is 5.01. The Bertz CT molecular complexity index is 745. The Morgan fingerprint density at radius 3 is 1.88 bits per heavy atom. The van der Waals surface area contributed by atoms with Crippen LogP contribution in [0.25, 0.3) is 0 Å². The minimum atomic E-state index is -0.577. The molecule has 0 aromatic heterocycles. The summed E-state index contributed by atoms with van der Waals surface area (Å²) >= 11 is 0. The quantitative estimate of drug-likeness (QED) is 0.640. The van der Waals surface area contributed by atoms with Crippen LogP contribution >= 0.6 is 0 Å². The highest BCUT2D eigenvalue weighted by atomic mass is 16.5. The van der Waals surface area contributed by atoms with Crippen LogP contribution in [-0.2, 0) is 4.79 Å². The number of ether oxygens (including phenoxy) is 4. The smallest absolute Gasteiger partial charge is 0.343 e. The van der Waals surface area contributed by atoms with Gasteiger partial charge in [-0.15, -0.1) is 0 Å².